The average Bonchev–Trinajstić information content (AvgIpc) is 2.77. The van der Waals surface area contributed by atoms with Gasteiger partial charge in [0.1, 0.15) is 28.5 Å². The first-order valence-electron chi connectivity index (χ1n) is 10.2. The summed E-state index contributed by atoms with van der Waals surface area (Å²) in [6.07, 6.45) is 0.681. The van der Waals surface area contributed by atoms with Gasteiger partial charge in [0.05, 0.1) is 37.3 Å². The zero-order valence-corrected chi connectivity index (χ0v) is 18.8. The van der Waals surface area contributed by atoms with Crippen molar-refractivity contribution in [3.05, 3.63) is 67.4 Å². The normalized spacial score (nSPS) is 20.2. The lowest BCUT2D eigenvalue weighted by molar-refractivity contribution is -0.0768. The number of hydrogen-bond acceptors (Lipinski definition) is 8. The van der Waals surface area contributed by atoms with Gasteiger partial charge in [0.25, 0.3) is 5.95 Å². The van der Waals surface area contributed by atoms with E-state index in [4.69, 9.17) is 27.8 Å². The van der Waals surface area contributed by atoms with Crippen molar-refractivity contribution >= 4 is 11.0 Å². The summed E-state index contributed by atoms with van der Waals surface area (Å²) in [6.45, 7) is 1.84. The molecular weight excluding hydrogens is 416 g/mol. The fourth-order valence-corrected chi connectivity index (χ4v) is 4.56. The molecule has 0 saturated carbocycles. The summed E-state index contributed by atoms with van der Waals surface area (Å²) in [6, 6.07) is 6.13. The number of ether oxygens (including phenoxy) is 4. The zero-order valence-electron chi connectivity index (χ0n) is 18.8. The number of benzene rings is 1. The van der Waals surface area contributed by atoms with Crippen LogP contribution in [0.1, 0.15) is 29.1 Å². The van der Waals surface area contributed by atoms with Crippen molar-refractivity contribution < 1.29 is 27.8 Å². The molecule has 32 heavy (non-hydrogen) atoms. The van der Waals surface area contributed by atoms with Crippen molar-refractivity contribution in [2.24, 2.45) is 0 Å². The van der Waals surface area contributed by atoms with Gasteiger partial charge in [-0.3, -0.25) is 9.59 Å². The Kier molecular flexibility index (Phi) is 5.83. The molecule has 8 nitrogen and oxygen atoms in total. The number of fused-ring (bicyclic) bond motifs is 2. The summed E-state index contributed by atoms with van der Waals surface area (Å²) in [7, 11) is 6.12. The molecule has 0 bridgehead atoms. The molecule has 0 N–H and O–H groups in total. The van der Waals surface area contributed by atoms with E-state index in [9.17, 15) is 9.59 Å². The van der Waals surface area contributed by atoms with Crippen LogP contribution in [0.5, 0.6) is 11.7 Å². The summed E-state index contributed by atoms with van der Waals surface area (Å²) in [5.74, 6) is 1.52. The van der Waals surface area contributed by atoms with Gasteiger partial charge in [-0.2, -0.15) is 0 Å². The van der Waals surface area contributed by atoms with E-state index in [1.165, 1.54) is 26.4 Å². The summed E-state index contributed by atoms with van der Waals surface area (Å²) >= 11 is 0. The minimum Gasteiger partial charge on any atom is -0.497 e. The molecule has 8 heteroatoms. The Hall–Kier alpha value is -3.10. The first kappa shape index (κ1) is 22.1. The van der Waals surface area contributed by atoms with Crippen molar-refractivity contribution in [1.82, 2.24) is 0 Å². The molecule has 0 saturated heterocycles. The molecule has 0 radical (unpaired) electrons. The Morgan fingerprint density at radius 1 is 1.03 bits per heavy atom. The topological polar surface area (TPSA) is 97.3 Å². The highest BCUT2D eigenvalue weighted by Gasteiger charge is 2.46. The van der Waals surface area contributed by atoms with Gasteiger partial charge < -0.3 is 27.8 Å². The third-order valence-corrected chi connectivity index (χ3v) is 6.08. The molecule has 2 aromatic heterocycles. The van der Waals surface area contributed by atoms with Crippen LogP contribution < -0.4 is 20.3 Å². The smallest absolute Gasteiger partial charge is 0.288 e. The molecule has 1 aliphatic carbocycles. The number of rotatable bonds is 6. The number of hydrogen-bond donors (Lipinski definition) is 0. The van der Waals surface area contributed by atoms with Gasteiger partial charge in [0.15, 0.2) is 10.9 Å². The van der Waals surface area contributed by atoms with Gasteiger partial charge in [0.2, 0.25) is 0 Å². The van der Waals surface area contributed by atoms with Crippen molar-refractivity contribution in [2.45, 2.75) is 37.9 Å². The van der Waals surface area contributed by atoms with E-state index in [2.05, 4.69) is 0 Å². The van der Waals surface area contributed by atoms with Crippen molar-refractivity contribution in [1.29, 1.82) is 0 Å². The quantitative estimate of drug-likeness (QED) is 0.574. The monoisotopic (exact) mass is 442 g/mol. The standard InChI is InChI=1S/C24H26O8/c1-13-6-15(27-2)9-18-21(13)23(26)22-19(32-18)10-16(28-3)11-24(22,30-5)12-17-7-14(25)8-20(29-4)31-17/h6-9,16H,10-12H2,1-5H3. The average molecular weight is 442 g/mol. The van der Waals surface area contributed by atoms with Crippen molar-refractivity contribution in [3.8, 4) is 11.7 Å². The molecule has 0 spiro atoms. The van der Waals surface area contributed by atoms with Crippen LogP contribution in [0.2, 0.25) is 0 Å². The van der Waals surface area contributed by atoms with E-state index in [-0.39, 0.29) is 29.3 Å². The largest absolute Gasteiger partial charge is 0.497 e. The molecule has 4 rings (SSSR count). The first-order chi connectivity index (χ1) is 15.3. The third-order valence-electron chi connectivity index (χ3n) is 6.08. The Balaban J connectivity index is 1.97. The van der Waals surface area contributed by atoms with Crippen LogP contribution in [-0.2, 0) is 27.9 Å². The van der Waals surface area contributed by atoms with Gasteiger partial charge in [0, 0.05) is 45.6 Å². The predicted molar refractivity (Wildman–Crippen MR) is 117 cm³/mol. The molecule has 1 aromatic carbocycles. The second-order valence-corrected chi connectivity index (χ2v) is 7.97. The number of aryl methyl sites for hydroxylation is 1. The van der Waals surface area contributed by atoms with E-state index >= 15 is 0 Å². The van der Waals surface area contributed by atoms with Crippen LogP contribution >= 0.6 is 0 Å². The Labute approximate surface area is 184 Å². The fourth-order valence-electron chi connectivity index (χ4n) is 4.56. The zero-order chi connectivity index (χ0) is 23.0. The highest BCUT2D eigenvalue weighted by atomic mass is 16.6. The molecule has 2 unspecified atom stereocenters. The Morgan fingerprint density at radius 3 is 2.47 bits per heavy atom. The van der Waals surface area contributed by atoms with Crippen LogP contribution in [0, 0.1) is 6.92 Å². The van der Waals surface area contributed by atoms with Crippen molar-refractivity contribution in [3.63, 3.8) is 0 Å². The van der Waals surface area contributed by atoms with Crippen LogP contribution in [0.3, 0.4) is 0 Å². The maximum absolute atomic E-state index is 13.8. The molecule has 3 aromatic rings. The molecule has 2 heterocycles. The van der Waals surface area contributed by atoms with Gasteiger partial charge in [-0.1, -0.05) is 0 Å². The lowest BCUT2D eigenvalue weighted by Crippen LogP contribution is -2.45. The minimum absolute atomic E-state index is 0.0894. The molecule has 0 fully saturated rings. The molecule has 0 amide bonds. The van der Waals surface area contributed by atoms with E-state index in [1.807, 2.05) is 6.92 Å². The molecule has 0 aliphatic heterocycles. The Morgan fingerprint density at radius 2 is 1.81 bits per heavy atom. The highest BCUT2D eigenvalue weighted by Crippen LogP contribution is 2.42. The first-order valence-corrected chi connectivity index (χ1v) is 10.2. The van der Waals surface area contributed by atoms with Gasteiger partial charge in [-0.05, 0) is 18.6 Å². The van der Waals surface area contributed by atoms with Crippen LogP contribution in [0.4, 0.5) is 0 Å². The van der Waals surface area contributed by atoms with Crippen LogP contribution in [-0.4, -0.2) is 34.5 Å². The third kappa shape index (κ3) is 3.69. The molecule has 2 atom stereocenters. The van der Waals surface area contributed by atoms with Crippen LogP contribution in [0.25, 0.3) is 11.0 Å². The maximum Gasteiger partial charge on any atom is 0.288 e. The van der Waals surface area contributed by atoms with E-state index in [1.54, 1.807) is 26.4 Å². The molecular formula is C24H26O8. The van der Waals surface area contributed by atoms with Crippen LogP contribution in [0.15, 0.2) is 42.7 Å². The highest BCUT2D eigenvalue weighted by molar-refractivity contribution is 5.83. The van der Waals surface area contributed by atoms with Gasteiger partial charge in [-0.25, -0.2) is 0 Å². The van der Waals surface area contributed by atoms with E-state index in [0.29, 0.717) is 46.6 Å². The fraction of sp³-hybridized carbons (Fsp3) is 0.417. The summed E-state index contributed by atoms with van der Waals surface area (Å²) in [5, 5.41) is 0.467. The number of methoxy groups -OCH3 is 4. The molecule has 1 aliphatic rings. The van der Waals surface area contributed by atoms with E-state index < -0.39 is 5.60 Å². The summed E-state index contributed by atoms with van der Waals surface area (Å²) in [5.41, 5.74) is 0.0465. The molecule has 170 valence electrons. The minimum atomic E-state index is -1.11. The predicted octanol–water partition coefficient (Wildman–Crippen LogP) is 3.12. The van der Waals surface area contributed by atoms with Crippen molar-refractivity contribution in [2.75, 3.05) is 28.4 Å². The lowest BCUT2D eigenvalue weighted by atomic mass is 9.76. The lowest BCUT2D eigenvalue weighted by Gasteiger charge is -2.39. The second-order valence-electron chi connectivity index (χ2n) is 7.97. The second kappa shape index (κ2) is 8.44. The SMILES string of the molecule is COc1cc(C)c2c(=O)c3c(oc2c1)CC(OC)CC3(Cc1cc(=O)cc(OC)o1)OC. The van der Waals surface area contributed by atoms with Gasteiger partial charge in [-0.15, -0.1) is 0 Å². The summed E-state index contributed by atoms with van der Waals surface area (Å²) in [4.78, 5) is 25.9. The summed E-state index contributed by atoms with van der Waals surface area (Å²) < 4.78 is 34.0. The van der Waals surface area contributed by atoms with Gasteiger partial charge >= 0.3 is 0 Å². The maximum atomic E-state index is 13.8. The Bertz CT molecular complexity index is 1270. The van der Waals surface area contributed by atoms with E-state index in [0.717, 1.165) is 5.56 Å².